The van der Waals surface area contributed by atoms with E-state index in [9.17, 15) is 32.3 Å². The Bertz CT molecular complexity index is 1070. The van der Waals surface area contributed by atoms with Gasteiger partial charge in [-0.25, -0.2) is 9.18 Å². The van der Waals surface area contributed by atoms with Gasteiger partial charge in [0.25, 0.3) is 0 Å². The zero-order chi connectivity index (χ0) is 19.1. The average Bonchev–Trinajstić information content (AvgIpc) is 2.56. The fourth-order valence-corrected chi connectivity index (χ4v) is 2.70. The molecule has 0 spiro atoms. The van der Waals surface area contributed by atoms with Crippen LogP contribution in [0.4, 0.5) is 17.6 Å². The van der Waals surface area contributed by atoms with Crippen LogP contribution in [0.3, 0.4) is 0 Å². The number of hydrogen-bond acceptors (Lipinski definition) is 2. The Labute approximate surface area is 143 Å². The van der Waals surface area contributed by atoms with Gasteiger partial charge >= 0.3 is 12.1 Å². The highest BCUT2D eigenvalue weighted by molar-refractivity contribution is 5.92. The Kier molecular flexibility index (Phi) is 4.27. The SMILES string of the molecule is O=C(O)c1cn(Cc2cccc(C(F)(F)F)c2)c2ccc(F)cc2c1=O. The molecule has 1 N–H and O–H groups in total. The highest BCUT2D eigenvalue weighted by Crippen LogP contribution is 2.29. The minimum Gasteiger partial charge on any atom is -0.477 e. The molecule has 0 saturated carbocycles. The minimum atomic E-state index is -4.52. The lowest BCUT2D eigenvalue weighted by Gasteiger charge is -2.14. The highest BCUT2D eigenvalue weighted by atomic mass is 19.4. The number of pyridine rings is 1. The zero-order valence-corrected chi connectivity index (χ0v) is 13.0. The number of carboxylic acids is 1. The molecule has 8 heteroatoms. The van der Waals surface area contributed by atoms with Crippen LogP contribution >= 0.6 is 0 Å². The first-order chi connectivity index (χ1) is 12.2. The quantitative estimate of drug-likeness (QED) is 0.716. The zero-order valence-electron chi connectivity index (χ0n) is 13.0. The van der Waals surface area contributed by atoms with Crippen molar-refractivity contribution >= 4 is 16.9 Å². The molecule has 0 aliphatic carbocycles. The van der Waals surface area contributed by atoms with Gasteiger partial charge in [-0.15, -0.1) is 0 Å². The largest absolute Gasteiger partial charge is 0.477 e. The summed E-state index contributed by atoms with van der Waals surface area (Å²) in [6.07, 6.45) is -3.47. The molecule has 0 unspecified atom stereocenters. The number of carbonyl (C=O) groups is 1. The van der Waals surface area contributed by atoms with E-state index >= 15 is 0 Å². The van der Waals surface area contributed by atoms with Crippen LogP contribution in [0.2, 0.25) is 0 Å². The topological polar surface area (TPSA) is 59.3 Å². The highest BCUT2D eigenvalue weighted by Gasteiger charge is 2.30. The molecule has 1 aromatic heterocycles. The molecule has 2 aromatic carbocycles. The number of hydrogen-bond donors (Lipinski definition) is 1. The fraction of sp³-hybridized carbons (Fsp3) is 0.111. The number of carboxylic acid groups (broad SMARTS) is 1. The first-order valence-corrected chi connectivity index (χ1v) is 7.39. The average molecular weight is 365 g/mol. The summed E-state index contributed by atoms with van der Waals surface area (Å²) in [5, 5.41) is 9.02. The Morgan fingerprint density at radius 2 is 1.85 bits per heavy atom. The van der Waals surface area contributed by atoms with Crippen molar-refractivity contribution in [2.75, 3.05) is 0 Å². The third-order valence-electron chi connectivity index (χ3n) is 3.88. The summed E-state index contributed by atoms with van der Waals surface area (Å²) < 4.78 is 53.4. The first kappa shape index (κ1) is 17.7. The van der Waals surface area contributed by atoms with E-state index in [1.165, 1.54) is 22.8 Å². The smallest absolute Gasteiger partial charge is 0.416 e. The van der Waals surface area contributed by atoms with Gasteiger partial charge < -0.3 is 9.67 Å². The number of rotatable bonds is 3. The normalized spacial score (nSPS) is 11.7. The molecule has 0 amide bonds. The van der Waals surface area contributed by atoms with Crippen molar-refractivity contribution in [3.63, 3.8) is 0 Å². The summed E-state index contributed by atoms with van der Waals surface area (Å²) in [6.45, 7) is -0.118. The lowest BCUT2D eigenvalue weighted by Crippen LogP contribution is -2.19. The predicted octanol–water partition coefficient (Wildman–Crippen LogP) is 3.91. The maximum absolute atomic E-state index is 13.5. The van der Waals surface area contributed by atoms with Crippen molar-refractivity contribution < 1.29 is 27.5 Å². The molecular formula is C18H11F4NO3. The molecule has 0 radical (unpaired) electrons. The lowest BCUT2D eigenvalue weighted by molar-refractivity contribution is -0.137. The van der Waals surface area contributed by atoms with Crippen molar-refractivity contribution in [1.82, 2.24) is 4.57 Å². The van der Waals surface area contributed by atoms with Gasteiger partial charge in [-0.05, 0) is 35.9 Å². The van der Waals surface area contributed by atoms with Crippen molar-refractivity contribution in [3.05, 3.63) is 81.4 Å². The standard InChI is InChI=1S/C18H11F4NO3/c19-12-4-5-15-13(7-12)16(24)14(17(25)26)9-23(15)8-10-2-1-3-11(6-10)18(20,21)22/h1-7,9H,8H2,(H,25,26). The summed E-state index contributed by atoms with van der Waals surface area (Å²) in [5.74, 6) is -2.22. The number of halogens is 4. The number of aromatic nitrogens is 1. The van der Waals surface area contributed by atoms with E-state index in [1.54, 1.807) is 0 Å². The van der Waals surface area contributed by atoms with Crippen LogP contribution < -0.4 is 5.43 Å². The summed E-state index contributed by atoms with van der Waals surface area (Å²) in [5.41, 5.74) is -1.81. The molecule has 26 heavy (non-hydrogen) atoms. The molecule has 0 bridgehead atoms. The van der Waals surface area contributed by atoms with Crippen LogP contribution in [-0.2, 0) is 12.7 Å². The van der Waals surface area contributed by atoms with Crippen molar-refractivity contribution in [3.8, 4) is 0 Å². The van der Waals surface area contributed by atoms with Gasteiger partial charge in [-0.3, -0.25) is 4.79 Å². The van der Waals surface area contributed by atoms with Crippen LogP contribution in [0.15, 0.2) is 53.5 Å². The van der Waals surface area contributed by atoms with Crippen LogP contribution in [0.25, 0.3) is 10.9 Å². The third kappa shape index (κ3) is 3.30. The van der Waals surface area contributed by atoms with Gasteiger partial charge in [0.05, 0.1) is 11.1 Å². The van der Waals surface area contributed by atoms with Gasteiger partial charge in [0, 0.05) is 18.1 Å². The van der Waals surface area contributed by atoms with Crippen molar-refractivity contribution in [1.29, 1.82) is 0 Å². The Morgan fingerprint density at radius 3 is 2.50 bits per heavy atom. The number of alkyl halides is 3. The van der Waals surface area contributed by atoms with Crippen molar-refractivity contribution in [2.45, 2.75) is 12.7 Å². The minimum absolute atomic E-state index is 0.118. The molecule has 0 fully saturated rings. The van der Waals surface area contributed by atoms with Gasteiger partial charge in [0.1, 0.15) is 11.4 Å². The molecule has 4 nitrogen and oxygen atoms in total. The fourth-order valence-electron chi connectivity index (χ4n) is 2.70. The maximum Gasteiger partial charge on any atom is 0.416 e. The molecule has 3 aromatic rings. The van der Waals surface area contributed by atoms with Crippen LogP contribution in [0.1, 0.15) is 21.5 Å². The maximum atomic E-state index is 13.5. The monoisotopic (exact) mass is 365 g/mol. The summed E-state index contributed by atoms with van der Waals surface area (Å²) in [7, 11) is 0. The van der Waals surface area contributed by atoms with E-state index in [0.29, 0.717) is 0 Å². The second-order valence-electron chi connectivity index (χ2n) is 5.66. The molecule has 0 aliphatic heterocycles. The summed E-state index contributed by atoms with van der Waals surface area (Å²) in [6, 6.07) is 7.83. The third-order valence-corrected chi connectivity index (χ3v) is 3.88. The number of nitrogens with zero attached hydrogens (tertiary/aromatic N) is 1. The summed E-state index contributed by atoms with van der Waals surface area (Å²) in [4.78, 5) is 23.5. The summed E-state index contributed by atoms with van der Waals surface area (Å²) >= 11 is 0. The van der Waals surface area contributed by atoms with Crippen LogP contribution in [0.5, 0.6) is 0 Å². The van der Waals surface area contributed by atoms with Crippen LogP contribution in [-0.4, -0.2) is 15.6 Å². The Hall–Kier alpha value is -3.16. The lowest BCUT2D eigenvalue weighted by atomic mass is 10.1. The molecule has 0 aliphatic rings. The van der Waals surface area contributed by atoms with Gasteiger partial charge in [-0.1, -0.05) is 12.1 Å². The van der Waals surface area contributed by atoms with E-state index in [2.05, 4.69) is 0 Å². The van der Waals surface area contributed by atoms with E-state index < -0.39 is 34.5 Å². The Morgan fingerprint density at radius 1 is 1.12 bits per heavy atom. The van der Waals surface area contributed by atoms with Gasteiger partial charge in [0.15, 0.2) is 0 Å². The molecule has 134 valence electrons. The second-order valence-corrected chi connectivity index (χ2v) is 5.66. The number of aromatic carboxylic acids is 1. The molecule has 3 rings (SSSR count). The molecule has 0 saturated heterocycles. The number of benzene rings is 2. The molecular weight excluding hydrogens is 354 g/mol. The van der Waals surface area contributed by atoms with Crippen LogP contribution in [0, 0.1) is 5.82 Å². The molecule has 1 heterocycles. The molecule has 0 atom stereocenters. The van der Waals surface area contributed by atoms with E-state index in [0.717, 1.165) is 30.5 Å². The first-order valence-electron chi connectivity index (χ1n) is 7.39. The predicted molar refractivity (Wildman–Crippen MR) is 85.7 cm³/mol. The van der Waals surface area contributed by atoms with Crippen molar-refractivity contribution in [2.24, 2.45) is 0 Å². The van der Waals surface area contributed by atoms with Gasteiger partial charge in [0.2, 0.25) is 5.43 Å². The second kappa shape index (κ2) is 6.29. The number of fused-ring (bicyclic) bond motifs is 1. The Balaban J connectivity index is 2.18. The van der Waals surface area contributed by atoms with E-state index in [-0.39, 0.29) is 23.0 Å². The van der Waals surface area contributed by atoms with E-state index in [4.69, 9.17) is 0 Å². The van der Waals surface area contributed by atoms with E-state index in [1.807, 2.05) is 0 Å². The van der Waals surface area contributed by atoms with Gasteiger partial charge in [-0.2, -0.15) is 13.2 Å².